The van der Waals surface area contributed by atoms with Crippen LogP contribution in [-0.4, -0.2) is 22.8 Å². The van der Waals surface area contributed by atoms with Crippen LogP contribution in [0.1, 0.15) is 25.8 Å². The molecule has 0 aliphatic heterocycles. The summed E-state index contributed by atoms with van der Waals surface area (Å²) < 4.78 is 0. The van der Waals surface area contributed by atoms with Crippen molar-refractivity contribution in [3.05, 3.63) is 23.8 Å². The summed E-state index contributed by atoms with van der Waals surface area (Å²) in [6, 6.07) is 5.48. The van der Waals surface area contributed by atoms with E-state index < -0.39 is 0 Å². The highest BCUT2D eigenvalue weighted by Crippen LogP contribution is 2.24. The number of phenolic OH excluding ortho intramolecular Hbond substituents is 2. The molecule has 0 saturated carbocycles. The predicted molar refractivity (Wildman–Crippen MR) is 61.2 cm³/mol. The Morgan fingerprint density at radius 3 is 2.60 bits per heavy atom. The number of hydrogen-bond donors (Lipinski definition) is 3. The van der Waals surface area contributed by atoms with Crippen molar-refractivity contribution >= 4 is 0 Å². The maximum atomic E-state index is 9.28. The Kier molecular flexibility index (Phi) is 4.43. The molecule has 1 aromatic rings. The van der Waals surface area contributed by atoms with Crippen molar-refractivity contribution in [3.63, 3.8) is 0 Å². The molecule has 0 bridgehead atoms. The minimum absolute atomic E-state index is 0.0453. The third kappa shape index (κ3) is 3.80. The molecule has 0 saturated heterocycles. The van der Waals surface area contributed by atoms with Crippen molar-refractivity contribution in [2.75, 3.05) is 6.54 Å². The molecule has 0 aromatic heterocycles. The van der Waals surface area contributed by atoms with Gasteiger partial charge in [-0.3, -0.25) is 0 Å². The van der Waals surface area contributed by atoms with E-state index in [1.807, 2.05) is 6.07 Å². The zero-order chi connectivity index (χ0) is 11.3. The molecule has 84 valence electrons. The van der Waals surface area contributed by atoms with Crippen molar-refractivity contribution in [1.82, 2.24) is 5.32 Å². The van der Waals surface area contributed by atoms with Crippen molar-refractivity contribution in [2.24, 2.45) is 0 Å². The maximum absolute atomic E-state index is 9.28. The minimum Gasteiger partial charge on any atom is -0.504 e. The van der Waals surface area contributed by atoms with Gasteiger partial charge in [-0.05, 0) is 44.0 Å². The summed E-state index contributed by atoms with van der Waals surface area (Å²) in [5, 5.41) is 21.8. The summed E-state index contributed by atoms with van der Waals surface area (Å²) in [5.41, 5.74) is 1.03. The Bertz CT molecular complexity index is 312. The molecular formula is C12H19NO2. The van der Waals surface area contributed by atoms with Crippen molar-refractivity contribution in [3.8, 4) is 11.5 Å². The van der Waals surface area contributed by atoms with Crippen LogP contribution >= 0.6 is 0 Å². The number of benzene rings is 1. The SMILES string of the molecule is CCC(C)NCCc1ccc(O)c(O)c1. The molecule has 0 heterocycles. The van der Waals surface area contributed by atoms with Gasteiger partial charge in [-0.2, -0.15) is 0 Å². The van der Waals surface area contributed by atoms with Gasteiger partial charge in [0.25, 0.3) is 0 Å². The van der Waals surface area contributed by atoms with E-state index in [0.29, 0.717) is 6.04 Å². The third-order valence-electron chi connectivity index (χ3n) is 2.56. The molecule has 15 heavy (non-hydrogen) atoms. The Balaban J connectivity index is 2.41. The largest absolute Gasteiger partial charge is 0.504 e. The average Bonchev–Trinajstić information content (AvgIpc) is 2.23. The van der Waals surface area contributed by atoms with E-state index in [0.717, 1.165) is 24.9 Å². The van der Waals surface area contributed by atoms with Crippen LogP contribution in [0.4, 0.5) is 0 Å². The molecule has 0 radical (unpaired) electrons. The Hall–Kier alpha value is -1.22. The van der Waals surface area contributed by atoms with Crippen LogP contribution in [0.15, 0.2) is 18.2 Å². The minimum atomic E-state index is -0.0614. The molecule has 0 fully saturated rings. The fourth-order valence-electron chi connectivity index (χ4n) is 1.33. The fraction of sp³-hybridized carbons (Fsp3) is 0.500. The van der Waals surface area contributed by atoms with Crippen LogP contribution in [0, 0.1) is 0 Å². The molecule has 0 amide bonds. The first kappa shape index (κ1) is 11.9. The summed E-state index contributed by atoms with van der Waals surface area (Å²) in [6.45, 7) is 5.18. The molecule has 1 aromatic carbocycles. The number of nitrogens with one attached hydrogen (secondary N) is 1. The summed E-state index contributed by atoms with van der Waals surface area (Å²) in [7, 11) is 0. The molecule has 1 rings (SSSR count). The Morgan fingerprint density at radius 1 is 1.27 bits per heavy atom. The van der Waals surface area contributed by atoms with Gasteiger partial charge in [0.05, 0.1) is 0 Å². The monoisotopic (exact) mass is 209 g/mol. The average molecular weight is 209 g/mol. The van der Waals surface area contributed by atoms with Gasteiger partial charge in [-0.1, -0.05) is 13.0 Å². The second-order valence-corrected chi connectivity index (χ2v) is 3.84. The highest BCUT2D eigenvalue weighted by molar-refractivity contribution is 5.40. The van der Waals surface area contributed by atoms with Crippen LogP contribution in [0.5, 0.6) is 11.5 Å². The lowest BCUT2D eigenvalue weighted by Gasteiger charge is -2.11. The number of hydrogen-bond acceptors (Lipinski definition) is 3. The van der Waals surface area contributed by atoms with Gasteiger partial charge in [0.15, 0.2) is 11.5 Å². The maximum Gasteiger partial charge on any atom is 0.157 e. The normalized spacial score (nSPS) is 12.7. The van der Waals surface area contributed by atoms with E-state index in [4.69, 9.17) is 5.11 Å². The molecule has 0 aliphatic carbocycles. The van der Waals surface area contributed by atoms with Crippen LogP contribution < -0.4 is 5.32 Å². The smallest absolute Gasteiger partial charge is 0.157 e. The van der Waals surface area contributed by atoms with Gasteiger partial charge in [0.2, 0.25) is 0 Å². The lowest BCUT2D eigenvalue weighted by atomic mass is 10.1. The molecule has 3 N–H and O–H groups in total. The highest BCUT2D eigenvalue weighted by Gasteiger charge is 2.01. The fourth-order valence-corrected chi connectivity index (χ4v) is 1.33. The van der Waals surface area contributed by atoms with E-state index in [-0.39, 0.29) is 11.5 Å². The zero-order valence-corrected chi connectivity index (χ0v) is 9.33. The first-order valence-corrected chi connectivity index (χ1v) is 5.37. The predicted octanol–water partition coefficient (Wildman–Crippen LogP) is 2.03. The van der Waals surface area contributed by atoms with Gasteiger partial charge in [-0.25, -0.2) is 0 Å². The van der Waals surface area contributed by atoms with Gasteiger partial charge in [0.1, 0.15) is 0 Å². The van der Waals surface area contributed by atoms with E-state index in [9.17, 15) is 5.11 Å². The number of phenols is 2. The lowest BCUT2D eigenvalue weighted by Crippen LogP contribution is -2.27. The molecular weight excluding hydrogens is 190 g/mol. The number of rotatable bonds is 5. The topological polar surface area (TPSA) is 52.5 Å². The number of aromatic hydroxyl groups is 2. The van der Waals surface area contributed by atoms with Crippen LogP contribution in [0.3, 0.4) is 0 Å². The molecule has 0 aliphatic rings. The summed E-state index contributed by atoms with van der Waals surface area (Å²) >= 11 is 0. The summed E-state index contributed by atoms with van der Waals surface area (Å²) in [6.07, 6.45) is 1.97. The van der Waals surface area contributed by atoms with Crippen molar-refractivity contribution < 1.29 is 10.2 Å². The second-order valence-electron chi connectivity index (χ2n) is 3.84. The molecule has 3 nitrogen and oxygen atoms in total. The van der Waals surface area contributed by atoms with Crippen molar-refractivity contribution in [1.29, 1.82) is 0 Å². The molecule has 1 atom stereocenters. The van der Waals surface area contributed by atoms with Crippen LogP contribution in [-0.2, 0) is 6.42 Å². The Morgan fingerprint density at radius 2 is 2.00 bits per heavy atom. The third-order valence-corrected chi connectivity index (χ3v) is 2.56. The van der Waals surface area contributed by atoms with Gasteiger partial charge in [0, 0.05) is 6.04 Å². The van der Waals surface area contributed by atoms with E-state index in [2.05, 4.69) is 19.2 Å². The standard InChI is InChI=1S/C12H19NO2/c1-3-9(2)13-7-6-10-4-5-11(14)12(15)8-10/h4-5,8-9,13-15H,3,6-7H2,1-2H3. The molecule has 3 heteroatoms. The second kappa shape index (κ2) is 5.61. The molecule has 0 spiro atoms. The van der Waals surface area contributed by atoms with E-state index >= 15 is 0 Å². The van der Waals surface area contributed by atoms with E-state index in [1.54, 1.807) is 6.07 Å². The van der Waals surface area contributed by atoms with Crippen LogP contribution in [0.25, 0.3) is 0 Å². The molecule has 1 unspecified atom stereocenters. The van der Waals surface area contributed by atoms with Gasteiger partial charge in [-0.15, -0.1) is 0 Å². The van der Waals surface area contributed by atoms with Crippen molar-refractivity contribution in [2.45, 2.75) is 32.7 Å². The summed E-state index contributed by atoms with van der Waals surface area (Å²) in [5.74, 6) is -0.107. The zero-order valence-electron chi connectivity index (χ0n) is 9.33. The van der Waals surface area contributed by atoms with Gasteiger partial charge >= 0.3 is 0 Å². The quantitative estimate of drug-likeness (QED) is 0.650. The lowest BCUT2D eigenvalue weighted by molar-refractivity contribution is 0.403. The first-order chi connectivity index (χ1) is 7.13. The highest BCUT2D eigenvalue weighted by atomic mass is 16.3. The van der Waals surface area contributed by atoms with Gasteiger partial charge < -0.3 is 15.5 Å². The van der Waals surface area contributed by atoms with E-state index in [1.165, 1.54) is 6.07 Å². The van der Waals surface area contributed by atoms with Crippen LogP contribution in [0.2, 0.25) is 0 Å². The first-order valence-electron chi connectivity index (χ1n) is 5.37. The Labute approximate surface area is 90.8 Å². The summed E-state index contributed by atoms with van der Waals surface area (Å²) in [4.78, 5) is 0.